The lowest BCUT2D eigenvalue weighted by molar-refractivity contribution is 0.354. The van der Waals surface area contributed by atoms with Crippen LogP contribution in [0.5, 0.6) is 11.5 Å². The number of benzene rings is 1. The van der Waals surface area contributed by atoms with Gasteiger partial charge in [0.2, 0.25) is 10.0 Å². The second kappa shape index (κ2) is 8.88. The molecule has 0 spiro atoms. The average molecular weight is 418 g/mol. The van der Waals surface area contributed by atoms with Crippen molar-refractivity contribution in [3.8, 4) is 17.3 Å². The van der Waals surface area contributed by atoms with Gasteiger partial charge < -0.3 is 14.8 Å². The number of methoxy groups -OCH3 is 2. The topological polar surface area (TPSA) is 120 Å². The molecule has 0 bridgehead atoms. The number of hydrogen-bond acceptors (Lipinski definition) is 8. The molecule has 2 N–H and O–H groups in total. The molecule has 2 heterocycles. The third kappa shape index (κ3) is 5.00. The molecular weight excluding hydrogens is 396 g/mol. The predicted octanol–water partition coefficient (Wildman–Crippen LogP) is 1.38. The summed E-state index contributed by atoms with van der Waals surface area (Å²) < 4.78 is 39.4. The fourth-order valence-corrected chi connectivity index (χ4v) is 3.60. The number of nitrogens with zero attached hydrogens (tertiary/aromatic N) is 4. The zero-order valence-electron chi connectivity index (χ0n) is 16.3. The van der Waals surface area contributed by atoms with Crippen molar-refractivity contribution < 1.29 is 17.9 Å². The lowest BCUT2D eigenvalue weighted by atomic mass is 10.3. The Labute approximate surface area is 169 Å². The lowest BCUT2D eigenvalue weighted by Crippen LogP contribution is -2.29. The van der Waals surface area contributed by atoms with E-state index in [1.54, 1.807) is 23.0 Å². The zero-order chi connectivity index (χ0) is 20.9. The second-order valence-electron chi connectivity index (χ2n) is 6.00. The third-order valence-corrected chi connectivity index (χ3v) is 5.46. The quantitative estimate of drug-likeness (QED) is 0.500. The predicted molar refractivity (Wildman–Crippen MR) is 107 cm³/mol. The number of ether oxygens (including phenoxy) is 2. The molecule has 0 aliphatic rings. The summed E-state index contributed by atoms with van der Waals surface area (Å²) in [7, 11) is -0.754. The Kier molecular flexibility index (Phi) is 6.29. The van der Waals surface area contributed by atoms with Crippen LogP contribution < -0.4 is 19.5 Å². The molecule has 154 valence electrons. The highest BCUT2D eigenvalue weighted by atomic mass is 32.2. The van der Waals surface area contributed by atoms with E-state index in [0.29, 0.717) is 29.7 Å². The molecule has 0 radical (unpaired) electrons. The normalized spacial score (nSPS) is 11.3. The van der Waals surface area contributed by atoms with Crippen molar-refractivity contribution in [1.29, 1.82) is 0 Å². The minimum atomic E-state index is -3.69. The molecule has 3 aromatic rings. The smallest absolute Gasteiger partial charge is 0.240 e. The first-order valence-corrected chi connectivity index (χ1v) is 10.2. The maximum absolute atomic E-state index is 12.5. The van der Waals surface area contributed by atoms with Gasteiger partial charge in [-0.05, 0) is 25.1 Å². The Morgan fingerprint density at radius 1 is 1.03 bits per heavy atom. The summed E-state index contributed by atoms with van der Waals surface area (Å²) >= 11 is 0. The van der Waals surface area contributed by atoms with Crippen LogP contribution in [-0.4, -0.2) is 55.5 Å². The van der Waals surface area contributed by atoms with Crippen LogP contribution >= 0.6 is 0 Å². The minimum Gasteiger partial charge on any atom is -0.493 e. The molecule has 11 heteroatoms. The van der Waals surface area contributed by atoms with Crippen molar-refractivity contribution in [1.82, 2.24) is 24.5 Å². The van der Waals surface area contributed by atoms with E-state index in [-0.39, 0.29) is 11.4 Å². The molecule has 2 aromatic heterocycles. The molecule has 0 atom stereocenters. The van der Waals surface area contributed by atoms with Crippen LogP contribution in [0, 0.1) is 6.92 Å². The Balaban J connectivity index is 1.59. The lowest BCUT2D eigenvalue weighted by Gasteiger charge is -2.11. The van der Waals surface area contributed by atoms with Gasteiger partial charge in [0.1, 0.15) is 12.1 Å². The van der Waals surface area contributed by atoms with Crippen LogP contribution in [0.2, 0.25) is 0 Å². The van der Waals surface area contributed by atoms with Crippen LogP contribution in [0.4, 0.5) is 5.82 Å². The number of aryl methyl sites for hydroxylation is 1. The van der Waals surface area contributed by atoms with E-state index in [1.807, 2.05) is 13.0 Å². The highest BCUT2D eigenvalue weighted by Crippen LogP contribution is 2.29. The molecule has 0 unspecified atom stereocenters. The fourth-order valence-electron chi connectivity index (χ4n) is 2.55. The highest BCUT2D eigenvalue weighted by molar-refractivity contribution is 7.89. The van der Waals surface area contributed by atoms with E-state index in [9.17, 15) is 8.42 Å². The molecule has 3 rings (SSSR count). The van der Waals surface area contributed by atoms with Crippen LogP contribution in [0.15, 0.2) is 47.8 Å². The Morgan fingerprint density at radius 3 is 2.52 bits per heavy atom. The van der Waals surface area contributed by atoms with Gasteiger partial charge in [-0.1, -0.05) is 0 Å². The second-order valence-corrected chi connectivity index (χ2v) is 7.77. The van der Waals surface area contributed by atoms with Gasteiger partial charge in [-0.3, -0.25) is 0 Å². The molecule has 1 aromatic carbocycles. The van der Waals surface area contributed by atoms with Gasteiger partial charge in [-0.25, -0.2) is 27.8 Å². The summed E-state index contributed by atoms with van der Waals surface area (Å²) in [4.78, 5) is 8.40. The summed E-state index contributed by atoms with van der Waals surface area (Å²) in [6.45, 7) is 2.39. The van der Waals surface area contributed by atoms with E-state index in [2.05, 4.69) is 25.1 Å². The van der Waals surface area contributed by atoms with Gasteiger partial charge >= 0.3 is 0 Å². The summed E-state index contributed by atoms with van der Waals surface area (Å²) in [6.07, 6.45) is 3.22. The van der Waals surface area contributed by atoms with E-state index in [0.717, 1.165) is 5.69 Å². The molecule has 0 saturated heterocycles. The van der Waals surface area contributed by atoms with Crippen LogP contribution in [-0.2, 0) is 10.0 Å². The third-order valence-electron chi connectivity index (χ3n) is 4.00. The molecule has 0 amide bonds. The molecule has 10 nitrogen and oxygen atoms in total. The number of rotatable bonds is 9. The summed E-state index contributed by atoms with van der Waals surface area (Å²) in [5, 5.41) is 7.36. The van der Waals surface area contributed by atoms with E-state index in [4.69, 9.17) is 9.47 Å². The molecule has 0 fully saturated rings. The highest BCUT2D eigenvalue weighted by Gasteiger charge is 2.16. The monoisotopic (exact) mass is 418 g/mol. The summed E-state index contributed by atoms with van der Waals surface area (Å²) in [5.74, 6) is 1.98. The van der Waals surface area contributed by atoms with Crippen molar-refractivity contribution >= 4 is 15.8 Å². The first-order chi connectivity index (χ1) is 13.9. The zero-order valence-corrected chi connectivity index (χ0v) is 17.1. The minimum absolute atomic E-state index is 0.0912. The van der Waals surface area contributed by atoms with Gasteiger partial charge in [-0.15, -0.1) is 0 Å². The first kappa shape index (κ1) is 20.6. The Morgan fingerprint density at radius 2 is 1.83 bits per heavy atom. The molecular formula is C18H22N6O4S. The van der Waals surface area contributed by atoms with Gasteiger partial charge in [0, 0.05) is 31.4 Å². The van der Waals surface area contributed by atoms with E-state index >= 15 is 0 Å². The largest absolute Gasteiger partial charge is 0.493 e. The van der Waals surface area contributed by atoms with Crippen molar-refractivity contribution in [2.24, 2.45) is 0 Å². The van der Waals surface area contributed by atoms with Gasteiger partial charge in [-0.2, -0.15) is 5.10 Å². The Bertz CT molecular complexity index is 1080. The summed E-state index contributed by atoms with van der Waals surface area (Å²) in [5.41, 5.74) is 0.877. The van der Waals surface area contributed by atoms with Crippen LogP contribution in [0.25, 0.3) is 5.82 Å². The van der Waals surface area contributed by atoms with E-state index < -0.39 is 10.0 Å². The average Bonchev–Trinajstić information content (AvgIpc) is 3.17. The molecule has 0 aliphatic heterocycles. The molecule has 29 heavy (non-hydrogen) atoms. The maximum Gasteiger partial charge on any atom is 0.240 e. The van der Waals surface area contributed by atoms with Gasteiger partial charge in [0.05, 0.1) is 24.8 Å². The maximum atomic E-state index is 12.5. The number of nitrogens with one attached hydrogen (secondary N) is 2. The number of hydrogen-bond donors (Lipinski definition) is 2. The van der Waals surface area contributed by atoms with Gasteiger partial charge in [0.25, 0.3) is 0 Å². The standard InChI is InChI=1S/C18H22N6O4S/c1-13-6-9-24(23-13)18-11-17(20-12-21-18)19-7-8-22-29(25,26)14-4-5-15(27-2)16(10-14)28-3/h4-6,9-12,22H,7-8H2,1-3H3,(H,19,20,21). The fraction of sp³-hybridized carbons (Fsp3) is 0.278. The van der Waals surface area contributed by atoms with Gasteiger partial charge in [0.15, 0.2) is 17.3 Å². The van der Waals surface area contributed by atoms with Crippen molar-refractivity contribution in [2.75, 3.05) is 32.6 Å². The molecule has 0 saturated carbocycles. The van der Waals surface area contributed by atoms with Crippen LogP contribution in [0.3, 0.4) is 0 Å². The van der Waals surface area contributed by atoms with Crippen molar-refractivity contribution in [3.63, 3.8) is 0 Å². The Hall–Kier alpha value is -3.18. The summed E-state index contributed by atoms with van der Waals surface area (Å²) in [6, 6.07) is 8.02. The number of anilines is 1. The SMILES string of the molecule is COc1ccc(S(=O)(=O)NCCNc2cc(-n3ccc(C)n3)ncn2)cc1OC. The van der Waals surface area contributed by atoms with Crippen molar-refractivity contribution in [2.45, 2.75) is 11.8 Å². The van der Waals surface area contributed by atoms with Crippen LogP contribution in [0.1, 0.15) is 5.69 Å². The molecule has 0 aliphatic carbocycles. The number of sulfonamides is 1. The van der Waals surface area contributed by atoms with E-state index in [1.165, 1.54) is 32.7 Å². The van der Waals surface area contributed by atoms with Crippen molar-refractivity contribution in [3.05, 3.63) is 48.5 Å². The first-order valence-electron chi connectivity index (χ1n) is 8.73. The number of aromatic nitrogens is 4.